The average molecular weight is 351 g/mol. The van der Waals surface area contributed by atoms with Crippen molar-refractivity contribution in [1.82, 2.24) is 24.5 Å². The van der Waals surface area contributed by atoms with Gasteiger partial charge in [-0.2, -0.15) is 0 Å². The van der Waals surface area contributed by atoms with Crippen LogP contribution >= 0.6 is 0 Å². The van der Waals surface area contributed by atoms with Crippen LogP contribution in [0.3, 0.4) is 0 Å². The van der Waals surface area contributed by atoms with E-state index in [-0.39, 0.29) is 0 Å². The van der Waals surface area contributed by atoms with Crippen LogP contribution in [0, 0.1) is 6.92 Å². The summed E-state index contributed by atoms with van der Waals surface area (Å²) in [5.74, 6) is 4.20. The second kappa shape index (κ2) is 6.99. The van der Waals surface area contributed by atoms with Crippen molar-refractivity contribution in [3.05, 3.63) is 48.8 Å². The molecule has 0 spiro atoms. The minimum atomic E-state index is 0.670. The molecule has 0 aromatic carbocycles. The van der Waals surface area contributed by atoms with Crippen molar-refractivity contribution in [2.45, 2.75) is 6.92 Å². The maximum atomic E-state index is 5.12. The summed E-state index contributed by atoms with van der Waals surface area (Å²) in [6, 6.07) is 6.09. The van der Waals surface area contributed by atoms with Gasteiger partial charge in [0.1, 0.15) is 17.5 Å². The molecule has 0 N–H and O–H groups in total. The fraction of sp³-hybridized carbons (Fsp3) is 0.333. The van der Waals surface area contributed by atoms with Gasteiger partial charge < -0.3 is 14.5 Å². The third kappa shape index (κ3) is 3.17. The summed E-state index contributed by atoms with van der Waals surface area (Å²) in [5, 5.41) is 0. The fourth-order valence-electron chi connectivity index (χ4n) is 3.06. The molecule has 1 aliphatic heterocycles. The van der Waals surface area contributed by atoms with Gasteiger partial charge in [0, 0.05) is 38.6 Å². The zero-order valence-corrected chi connectivity index (χ0v) is 14.9. The lowest BCUT2D eigenvalue weighted by molar-refractivity contribution is 0.410. The summed E-state index contributed by atoms with van der Waals surface area (Å²) in [5.41, 5.74) is 0. The van der Waals surface area contributed by atoms with Gasteiger partial charge in [0.05, 0.1) is 19.5 Å². The first kappa shape index (κ1) is 16.3. The first-order valence-corrected chi connectivity index (χ1v) is 8.58. The number of aryl methyl sites for hydroxylation is 1. The molecule has 1 fully saturated rings. The Labute approximate surface area is 152 Å². The molecule has 0 bridgehead atoms. The first-order valence-electron chi connectivity index (χ1n) is 8.58. The van der Waals surface area contributed by atoms with Gasteiger partial charge in [-0.1, -0.05) is 6.07 Å². The molecule has 4 rings (SSSR count). The van der Waals surface area contributed by atoms with Crippen LogP contribution in [0.1, 0.15) is 5.82 Å². The molecule has 4 heterocycles. The summed E-state index contributed by atoms with van der Waals surface area (Å²) in [6.07, 6.45) is 7.12. The van der Waals surface area contributed by atoms with Crippen molar-refractivity contribution in [2.24, 2.45) is 0 Å². The van der Waals surface area contributed by atoms with Crippen LogP contribution in [0.2, 0.25) is 0 Å². The Morgan fingerprint density at radius 3 is 2.27 bits per heavy atom. The summed E-state index contributed by atoms with van der Waals surface area (Å²) in [7, 11) is 1.61. The van der Waals surface area contributed by atoms with Gasteiger partial charge >= 0.3 is 0 Å². The van der Waals surface area contributed by atoms with Crippen LogP contribution in [-0.4, -0.2) is 57.8 Å². The lowest BCUT2D eigenvalue weighted by Gasteiger charge is -2.35. The van der Waals surface area contributed by atoms with Gasteiger partial charge in [-0.3, -0.25) is 4.57 Å². The average Bonchev–Trinajstić information content (AvgIpc) is 3.14. The highest BCUT2D eigenvalue weighted by Crippen LogP contribution is 2.19. The van der Waals surface area contributed by atoms with Crippen molar-refractivity contribution < 1.29 is 4.74 Å². The smallest absolute Gasteiger partial charge is 0.225 e. The van der Waals surface area contributed by atoms with Crippen LogP contribution in [-0.2, 0) is 0 Å². The summed E-state index contributed by atoms with van der Waals surface area (Å²) in [6.45, 7) is 5.41. The minimum absolute atomic E-state index is 0.670. The van der Waals surface area contributed by atoms with E-state index in [1.807, 2.05) is 29.8 Å². The number of ether oxygens (including phenoxy) is 1. The largest absolute Gasteiger partial charge is 0.494 e. The van der Waals surface area contributed by atoms with Gasteiger partial charge in [-0.05, 0) is 19.1 Å². The molecule has 8 nitrogen and oxygen atoms in total. The molecule has 0 radical (unpaired) electrons. The Balaban J connectivity index is 1.45. The number of piperazine rings is 1. The molecule has 134 valence electrons. The Morgan fingerprint density at radius 2 is 1.62 bits per heavy atom. The molecule has 26 heavy (non-hydrogen) atoms. The predicted molar refractivity (Wildman–Crippen MR) is 99.1 cm³/mol. The number of imidazole rings is 1. The molecule has 0 atom stereocenters. The third-order valence-corrected chi connectivity index (χ3v) is 4.53. The van der Waals surface area contributed by atoms with E-state index < -0.39 is 0 Å². The minimum Gasteiger partial charge on any atom is -0.494 e. The highest BCUT2D eigenvalue weighted by Gasteiger charge is 2.20. The molecular weight excluding hydrogens is 330 g/mol. The molecule has 3 aromatic heterocycles. The lowest BCUT2D eigenvalue weighted by atomic mass is 10.3. The monoisotopic (exact) mass is 351 g/mol. The molecule has 1 aliphatic rings. The van der Waals surface area contributed by atoms with Gasteiger partial charge in [-0.15, -0.1) is 0 Å². The normalized spacial score (nSPS) is 14.5. The van der Waals surface area contributed by atoms with Gasteiger partial charge in [0.25, 0.3) is 0 Å². The number of aromatic nitrogens is 5. The Kier molecular flexibility index (Phi) is 4.39. The molecule has 8 heteroatoms. The van der Waals surface area contributed by atoms with E-state index in [0.717, 1.165) is 49.6 Å². The molecule has 0 aliphatic carbocycles. The third-order valence-electron chi connectivity index (χ3n) is 4.53. The summed E-state index contributed by atoms with van der Waals surface area (Å²) < 4.78 is 7.11. The predicted octanol–water partition coefficient (Wildman–Crippen LogP) is 1.70. The zero-order chi connectivity index (χ0) is 17.9. The van der Waals surface area contributed by atoms with E-state index in [9.17, 15) is 0 Å². The highest BCUT2D eigenvalue weighted by atomic mass is 16.5. The van der Waals surface area contributed by atoms with E-state index in [4.69, 9.17) is 9.72 Å². The van der Waals surface area contributed by atoms with Crippen LogP contribution in [0.5, 0.6) is 5.75 Å². The van der Waals surface area contributed by atoms with E-state index in [1.165, 1.54) is 0 Å². The van der Waals surface area contributed by atoms with Crippen molar-refractivity contribution >= 4 is 11.8 Å². The molecule has 1 saturated heterocycles. The summed E-state index contributed by atoms with van der Waals surface area (Å²) in [4.78, 5) is 22.3. The highest BCUT2D eigenvalue weighted by molar-refractivity contribution is 5.45. The number of anilines is 2. The Morgan fingerprint density at radius 1 is 0.923 bits per heavy atom. The van der Waals surface area contributed by atoms with Crippen molar-refractivity contribution in [3.63, 3.8) is 0 Å². The lowest BCUT2D eigenvalue weighted by Crippen LogP contribution is -2.47. The summed E-state index contributed by atoms with van der Waals surface area (Å²) >= 11 is 0. The Bertz CT molecular complexity index is 869. The number of hydrogen-bond acceptors (Lipinski definition) is 7. The number of rotatable bonds is 4. The SMILES string of the molecule is COc1cnc(N2CCN(c3cccc(-n4ccnc4C)n3)CC2)nc1. The number of hydrogen-bond donors (Lipinski definition) is 0. The second-order valence-electron chi connectivity index (χ2n) is 6.10. The van der Waals surface area contributed by atoms with E-state index in [1.54, 1.807) is 25.7 Å². The molecule has 0 unspecified atom stereocenters. The topological polar surface area (TPSA) is 72.2 Å². The fourth-order valence-corrected chi connectivity index (χ4v) is 3.06. The van der Waals surface area contributed by atoms with Crippen molar-refractivity contribution in [3.8, 4) is 11.6 Å². The maximum Gasteiger partial charge on any atom is 0.225 e. The van der Waals surface area contributed by atoms with Crippen LogP contribution in [0.4, 0.5) is 11.8 Å². The number of nitrogens with zero attached hydrogens (tertiary/aromatic N) is 7. The van der Waals surface area contributed by atoms with E-state index in [2.05, 4.69) is 30.8 Å². The van der Waals surface area contributed by atoms with Crippen LogP contribution in [0.15, 0.2) is 43.0 Å². The van der Waals surface area contributed by atoms with Gasteiger partial charge in [0.15, 0.2) is 5.75 Å². The maximum absolute atomic E-state index is 5.12. The standard InChI is InChI=1S/C18H21N7O/c1-14-19-6-7-25(14)17-5-3-4-16(22-17)23-8-10-24(11-9-23)18-20-12-15(26-2)13-21-18/h3-7,12-13H,8-11H2,1-2H3. The number of methoxy groups -OCH3 is 1. The molecule has 0 saturated carbocycles. The van der Waals surface area contributed by atoms with Crippen LogP contribution < -0.4 is 14.5 Å². The number of pyridine rings is 1. The van der Waals surface area contributed by atoms with Gasteiger partial charge in [0.2, 0.25) is 5.95 Å². The van der Waals surface area contributed by atoms with Gasteiger partial charge in [-0.25, -0.2) is 19.9 Å². The molecular formula is C18H21N7O. The van der Waals surface area contributed by atoms with Crippen molar-refractivity contribution in [2.75, 3.05) is 43.1 Å². The van der Waals surface area contributed by atoms with Crippen LogP contribution in [0.25, 0.3) is 5.82 Å². The molecule has 0 amide bonds. The zero-order valence-electron chi connectivity index (χ0n) is 14.9. The van der Waals surface area contributed by atoms with Crippen molar-refractivity contribution in [1.29, 1.82) is 0 Å². The quantitative estimate of drug-likeness (QED) is 0.708. The second-order valence-corrected chi connectivity index (χ2v) is 6.10. The molecule has 3 aromatic rings. The van der Waals surface area contributed by atoms with E-state index >= 15 is 0 Å². The Hall–Kier alpha value is -3.16. The van der Waals surface area contributed by atoms with E-state index in [0.29, 0.717) is 5.75 Å². The first-order chi connectivity index (χ1) is 12.7.